The van der Waals surface area contributed by atoms with Crippen molar-refractivity contribution in [1.29, 1.82) is 0 Å². The zero-order valence-electron chi connectivity index (χ0n) is 17.2. The third kappa shape index (κ3) is 2.88. The van der Waals surface area contributed by atoms with Crippen molar-refractivity contribution in [3.63, 3.8) is 0 Å². The van der Waals surface area contributed by atoms with Crippen molar-refractivity contribution in [2.45, 2.75) is 24.2 Å². The minimum Gasteiger partial charge on any atom is -0.379 e. The number of carbonyl (C=O) groups excluding carboxylic acids is 2. The number of fused-ring (bicyclic) bond motifs is 6. The third-order valence-electron chi connectivity index (χ3n) is 7.24. The van der Waals surface area contributed by atoms with E-state index in [1.165, 1.54) is 23.1 Å². The standard InChI is InChI=1S/C25H21NO5S/c27-24-22-17-5-6-18(13-17)23(22)25(28)26(24)19-8-10-20(11-9-19)31-32(29,30)21-12-7-15-3-1-2-4-16(15)14-21/h1-4,7-12,14,17-18,22-23H,5-6,13H2/t17-,18-,22-,23+/m0/s1. The van der Waals surface area contributed by atoms with Crippen LogP contribution in [-0.4, -0.2) is 20.2 Å². The van der Waals surface area contributed by atoms with E-state index in [1.807, 2.05) is 24.3 Å². The Morgan fingerprint density at radius 2 is 1.41 bits per heavy atom. The lowest BCUT2D eigenvalue weighted by atomic mass is 9.81. The van der Waals surface area contributed by atoms with Crippen molar-refractivity contribution in [1.82, 2.24) is 0 Å². The summed E-state index contributed by atoms with van der Waals surface area (Å²) in [5.41, 5.74) is 0.462. The molecule has 3 fully saturated rings. The summed E-state index contributed by atoms with van der Waals surface area (Å²) >= 11 is 0. The quantitative estimate of drug-likeness (QED) is 0.444. The van der Waals surface area contributed by atoms with E-state index >= 15 is 0 Å². The molecular formula is C25H21NO5S. The number of rotatable bonds is 4. The first kappa shape index (κ1) is 19.5. The summed E-state index contributed by atoms with van der Waals surface area (Å²) in [6.45, 7) is 0. The minimum atomic E-state index is -4.02. The van der Waals surface area contributed by atoms with Crippen LogP contribution in [0.5, 0.6) is 5.75 Å². The van der Waals surface area contributed by atoms with Crippen LogP contribution in [0.2, 0.25) is 0 Å². The van der Waals surface area contributed by atoms with E-state index in [0.29, 0.717) is 17.5 Å². The Morgan fingerprint density at radius 1 is 0.781 bits per heavy atom. The summed E-state index contributed by atoms with van der Waals surface area (Å²) in [4.78, 5) is 27.3. The molecule has 6 rings (SSSR count). The highest BCUT2D eigenvalue weighted by molar-refractivity contribution is 7.87. The van der Waals surface area contributed by atoms with Crippen LogP contribution in [0.3, 0.4) is 0 Å². The molecule has 0 N–H and O–H groups in total. The molecule has 1 saturated heterocycles. The number of amides is 2. The maximum atomic E-state index is 13.0. The topological polar surface area (TPSA) is 80.8 Å². The van der Waals surface area contributed by atoms with Gasteiger partial charge in [-0.25, -0.2) is 0 Å². The number of imide groups is 1. The maximum Gasteiger partial charge on any atom is 0.339 e. The normalized spacial score (nSPS) is 26.7. The fourth-order valence-corrected chi connectivity index (χ4v) is 6.78. The van der Waals surface area contributed by atoms with E-state index in [-0.39, 0.29) is 34.3 Å². The minimum absolute atomic E-state index is 0.0634. The molecule has 2 amide bonds. The van der Waals surface area contributed by atoms with Gasteiger partial charge in [0, 0.05) is 0 Å². The Labute approximate surface area is 185 Å². The van der Waals surface area contributed by atoms with Gasteiger partial charge < -0.3 is 4.18 Å². The lowest BCUT2D eigenvalue weighted by Crippen LogP contribution is -2.32. The van der Waals surface area contributed by atoms with E-state index in [2.05, 4.69) is 0 Å². The van der Waals surface area contributed by atoms with Gasteiger partial charge in [0.1, 0.15) is 10.6 Å². The van der Waals surface area contributed by atoms with Crippen molar-refractivity contribution >= 4 is 38.4 Å². The van der Waals surface area contributed by atoms with Crippen molar-refractivity contribution in [2.24, 2.45) is 23.7 Å². The van der Waals surface area contributed by atoms with E-state index in [9.17, 15) is 18.0 Å². The molecule has 7 heteroatoms. The Hall–Kier alpha value is -3.19. The van der Waals surface area contributed by atoms with Crippen LogP contribution in [0.15, 0.2) is 71.6 Å². The average Bonchev–Trinajstić information content (AvgIpc) is 3.48. The van der Waals surface area contributed by atoms with Gasteiger partial charge in [0.2, 0.25) is 11.8 Å². The van der Waals surface area contributed by atoms with Crippen LogP contribution >= 0.6 is 0 Å². The largest absolute Gasteiger partial charge is 0.379 e. The van der Waals surface area contributed by atoms with Gasteiger partial charge >= 0.3 is 10.1 Å². The van der Waals surface area contributed by atoms with E-state index < -0.39 is 10.1 Å². The zero-order chi connectivity index (χ0) is 22.0. The second kappa shape index (κ2) is 6.90. The number of nitrogens with zero attached hydrogens (tertiary/aromatic N) is 1. The number of anilines is 1. The van der Waals surface area contributed by atoms with Gasteiger partial charge in [-0.1, -0.05) is 30.3 Å². The Kier molecular flexibility index (Phi) is 4.21. The maximum absolute atomic E-state index is 13.0. The Balaban J connectivity index is 1.24. The molecule has 3 aliphatic rings. The molecule has 2 aliphatic carbocycles. The molecule has 6 nitrogen and oxygen atoms in total. The summed E-state index contributed by atoms with van der Waals surface area (Å²) in [6.07, 6.45) is 3.04. The van der Waals surface area contributed by atoms with Gasteiger partial charge in [0.15, 0.2) is 0 Å². The van der Waals surface area contributed by atoms with Gasteiger partial charge in [-0.3, -0.25) is 14.5 Å². The monoisotopic (exact) mass is 447 g/mol. The SMILES string of the molecule is O=C1[C@@H]2[C@H]3CC[C@@H](C3)[C@@H]2C(=O)N1c1ccc(OS(=O)(=O)c2ccc3ccccc3c2)cc1. The molecule has 0 aromatic heterocycles. The van der Waals surface area contributed by atoms with Crippen LogP contribution in [0.1, 0.15) is 19.3 Å². The van der Waals surface area contributed by atoms with E-state index in [1.54, 1.807) is 24.3 Å². The number of benzene rings is 3. The molecule has 0 spiro atoms. The van der Waals surface area contributed by atoms with Gasteiger partial charge in [0.25, 0.3) is 0 Å². The smallest absolute Gasteiger partial charge is 0.339 e. The average molecular weight is 448 g/mol. The van der Waals surface area contributed by atoms with Gasteiger partial charge in [-0.2, -0.15) is 8.42 Å². The fourth-order valence-electron chi connectivity index (χ4n) is 5.81. The van der Waals surface area contributed by atoms with Crippen molar-refractivity contribution in [3.05, 3.63) is 66.7 Å². The first-order valence-corrected chi connectivity index (χ1v) is 12.2. The van der Waals surface area contributed by atoms with Gasteiger partial charge in [-0.15, -0.1) is 0 Å². The Morgan fingerprint density at radius 3 is 2.06 bits per heavy atom. The van der Waals surface area contributed by atoms with Crippen molar-refractivity contribution in [3.8, 4) is 5.75 Å². The number of carbonyl (C=O) groups is 2. The molecular weight excluding hydrogens is 426 g/mol. The molecule has 162 valence electrons. The van der Waals surface area contributed by atoms with Crippen LogP contribution in [0, 0.1) is 23.7 Å². The predicted molar refractivity (Wildman–Crippen MR) is 119 cm³/mol. The van der Waals surface area contributed by atoms with Crippen molar-refractivity contribution in [2.75, 3.05) is 4.90 Å². The zero-order valence-corrected chi connectivity index (χ0v) is 18.0. The van der Waals surface area contributed by atoms with Gasteiger partial charge in [-0.05, 0) is 78.3 Å². The summed E-state index contributed by atoms with van der Waals surface area (Å²) in [5.74, 6) is 0.147. The van der Waals surface area contributed by atoms with Crippen molar-refractivity contribution < 1.29 is 22.2 Å². The third-order valence-corrected chi connectivity index (χ3v) is 8.48. The van der Waals surface area contributed by atoms with E-state index in [4.69, 9.17) is 4.18 Å². The predicted octanol–water partition coefficient (Wildman–Crippen LogP) is 4.14. The molecule has 0 unspecified atom stereocenters. The molecule has 1 aliphatic heterocycles. The first-order chi connectivity index (χ1) is 15.4. The molecule has 3 aromatic carbocycles. The molecule has 3 aromatic rings. The summed E-state index contributed by atoms with van der Waals surface area (Å²) < 4.78 is 30.8. The molecule has 2 bridgehead atoms. The second-order valence-electron chi connectivity index (χ2n) is 8.94. The highest BCUT2D eigenvalue weighted by atomic mass is 32.2. The summed E-state index contributed by atoms with van der Waals surface area (Å²) in [6, 6.07) is 18.4. The van der Waals surface area contributed by atoms with Crippen LogP contribution in [0.25, 0.3) is 10.8 Å². The number of hydrogen-bond donors (Lipinski definition) is 0. The molecule has 4 atom stereocenters. The summed E-state index contributed by atoms with van der Waals surface area (Å²) in [7, 11) is -4.02. The summed E-state index contributed by atoms with van der Waals surface area (Å²) in [5, 5.41) is 1.74. The van der Waals surface area contributed by atoms with Gasteiger partial charge in [0.05, 0.1) is 17.5 Å². The first-order valence-electron chi connectivity index (χ1n) is 10.8. The molecule has 32 heavy (non-hydrogen) atoms. The Bertz CT molecular complexity index is 1340. The molecule has 1 heterocycles. The van der Waals surface area contributed by atoms with E-state index in [0.717, 1.165) is 30.0 Å². The van der Waals surface area contributed by atoms with Crippen LogP contribution in [-0.2, 0) is 19.7 Å². The molecule has 0 radical (unpaired) electrons. The molecule has 2 saturated carbocycles. The van der Waals surface area contributed by atoms with Crippen LogP contribution < -0.4 is 9.08 Å². The lowest BCUT2D eigenvalue weighted by Gasteiger charge is -2.19. The lowest BCUT2D eigenvalue weighted by molar-refractivity contribution is -0.123. The fraction of sp³-hybridized carbons (Fsp3) is 0.280. The number of hydrogen-bond acceptors (Lipinski definition) is 5. The highest BCUT2D eigenvalue weighted by Crippen LogP contribution is 2.56. The van der Waals surface area contributed by atoms with Crippen LogP contribution in [0.4, 0.5) is 5.69 Å². The highest BCUT2D eigenvalue weighted by Gasteiger charge is 2.61. The second-order valence-corrected chi connectivity index (χ2v) is 10.5.